The van der Waals surface area contributed by atoms with Gasteiger partial charge in [-0.2, -0.15) is 0 Å². The molecule has 90 valence electrons. The van der Waals surface area contributed by atoms with E-state index in [-0.39, 0.29) is 0 Å². The molecule has 0 unspecified atom stereocenters. The predicted molar refractivity (Wildman–Crippen MR) is 70.6 cm³/mol. The highest BCUT2D eigenvalue weighted by Crippen LogP contribution is 2.46. The minimum Gasteiger partial charge on any atom is -0.298 e. The van der Waals surface area contributed by atoms with Crippen molar-refractivity contribution in [3.63, 3.8) is 0 Å². The zero-order chi connectivity index (χ0) is 11.6. The van der Waals surface area contributed by atoms with E-state index in [1.54, 1.807) is 0 Å². The van der Waals surface area contributed by atoms with Crippen LogP contribution >= 0.6 is 15.9 Å². The van der Waals surface area contributed by atoms with Gasteiger partial charge in [-0.05, 0) is 37.0 Å². The molecule has 0 spiro atoms. The largest absolute Gasteiger partial charge is 0.298 e. The van der Waals surface area contributed by atoms with Crippen molar-refractivity contribution < 1.29 is 4.79 Å². The molecule has 0 heterocycles. The summed E-state index contributed by atoms with van der Waals surface area (Å²) in [5, 5.41) is 0. The van der Waals surface area contributed by atoms with E-state index in [0.29, 0.717) is 5.41 Å². The lowest BCUT2D eigenvalue weighted by atomic mass is 9.70. The lowest BCUT2D eigenvalue weighted by molar-refractivity contribution is -0.105. The van der Waals surface area contributed by atoms with Crippen LogP contribution < -0.4 is 0 Å². The Kier molecular flexibility index (Phi) is 3.89. The van der Waals surface area contributed by atoms with E-state index in [2.05, 4.69) is 22.9 Å². The number of hydrogen-bond donors (Lipinski definition) is 0. The first-order valence-electron chi connectivity index (χ1n) is 6.46. The smallest absolute Gasteiger partial charge is 0.146 e. The maximum Gasteiger partial charge on any atom is 0.146 e. The molecule has 0 N–H and O–H groups in total. The fourth-order valence-electron chi connectivity index (χ4n) is 3.41. The quantitative estimate of drug-likeness (QED) is 0.692. The zero-order valence-electron chi connectivity index (χ0n) is 10.1. The van der Waals surface area contributed by atoms with E-state index in [1.807, 2.05) is 0 Å². The molecule has 1 atom stereocenters. The third-order valence-electron chi connectivity index (χ3n) is 4.31. The number of carbonyl (C=O) groups excluding carboxylic acids is 1. The Labute approximate surface area is 107 Å². The Morgan fingerprint density at radius 1 is 1.44 bits per heavy atom. The number of aldehydes is 1. The molecule has 2 aliphatic carbocycles. The molecule has 0 amide bonds. The van der Waals surface area contributed by atoms with Gasteiger partial charge in [-0.3, -0.25) is 4.79 Å². The van der Waals surface area contributed by atoms with Gasteiger partial charge >= 0.3 is 0 Å². The van der Waals surface area contributed by atoms with Crippen LogP contribution in [0.15, 0.2) is 10.1 Å². The molecule has 1 fully saturated rings. The molecule has 0 aromatic rings. The average molecular weight is 285 g/mol. The van der Waals surface area contributed by atoms with Crippen LogP contribution in [0.4, 0.5) is 0 Å². The van der Waals surface area contributed by atoms with Crippen LogP contribution in [0.5, 0.6) is 0 Å². The van der Waals surface area contributed by atoms with Gasteiger partial charge in [0.1, 0.15) is 6.29 Å². The fraction of sp³-hybridized carbons (Fsp3) is 0.786. The van der Waals surface area contributed by atoms with Crippen LogP contribution in [0.3, 0.4) is 0 Å². The van der Waals surface area contributed by atoms with Crippen molar-refractivity contribution in [3.05, 3.63) is 10.1 Å². The van der Waals surface area contributed by atoms with Gasteiger partial charge in [-0.25, -0.2) is 0 Å². The molecule has 2 heteroatoms. The van der Waals surface area contributed by atoms with E-state index in [4.69, 9.17) is 0 Å². The summed E-state index contributed by atoms with van der Waals surface area (Å²) in [6.45, 7) is 2.37. The molecule has 2 aliphatic rings. The summed E-state index contributed by atoms with van der Waals surface area (Å²) in [6.07, 6.45) is 11.3. The summed E-state index contributed by atoms with van der Waals surface area (Å²) >= 11 is 3.53. The molecule has 0 bridgehead atoms. The molecule has 2 rings (SSSR count). The van der Waals surface area contributed by atoms with Gasteiger partial charge in [-0.1, -0.05) is 48.5 Å². The van der Waals surface area contributed by atoms with Crippen LogP contribution in [-0.4, -0.2) is 6.29 Å². The summed E-state index contributed by atoms with van der Waals surface area (Å²) in [6, 6.07) is 0. The van der Waals surface area contributed by atoms with Gasteiger partial charge in [0.15, 0.2) is 0 Å². The first-order chi connectivity index (χ1) is 7.63. The monoisotopic (exact) mass is 284 g/mol. The topological polar surface area (TPSA) is 17.1 Å². The Hall–Kier alpha value is -0.110. The lowest BCUT2D eigenvalue weighted by Gasteiger charge is -2.36. The normalized spacial score (nSPS) is 32.1. The van der Waals surface area contributed by atoms with E-state index in [9.17, 15) is 4.79 Å². The fourth-order valence-corrected chi connectivity index (χ4v) is 3.84. The number of allylic oxidation sites excluding steroid dienone is 2. The second kappa shape index (κ2) is 5.03. The van der Waals surface area contributed by atoms with Gasteiger partial charge in [0.05, 0.1) is 0 Å². The molecule has 0 aromatic carbocycles. The Bertz CT molecular complexity index is 302. The summed E-state index contributed by atoms with van der Waals surface area (Å²) in [7, 11) is 0. The van der Waals surface area contributed by atoms with Gasteiger partial charge in [-0.15, -0.1) is 0 Å². The number of carbonyl (C=O) groups is 1. The highest BCUT2D eigenvalue weighted by molar-refractivity contribution is 9.11. The van der Waals surface area contributed by atoms with Crippen LogP contribution in [0, 0.1) is 11.3 Å². The molecule has 0 radical (unpaired) electrons. The van der Waals surface area contributed by atoms with Crippen LogP contribution in [0.25, 0.3) is 0 Å². The van der Waals surface area contributed by atoms with Crippen molar-refractivity contribution >= 4 is 22.2 Å². The van der Waals surface area contributed by atoms with Crippen molar-refractivity contribution in [1.82, 2.24) is 0 Å². The average Bonchev–Trinajstić information content (AvgIpc) is 2.74. The SMILES string of the molecule is C[C@]1(CC2CCCC2)CCC(Br)=C(C=O)C1. The van der Waals surface area contributed by atoms with Gasteiger partial charge in [0.2, 0.25) is 0 Å². The van der Waals surface area contributed by atoms with Crippen molar-refractivity contribution in [2.24, 2.45) is 11.3 Å². The van der Waals surface area contributed by atoms with Gasteiger partial charge in [0, 0.05) is 10.1 Å². The number of halogens is 1. The maximum absolute atomic E-state index is 11.0. The minimum atomic E-state index is 0.377. The molecular formula is C14H21BrO. The van der Waals surface area contributed by atoms with Crippen LogP contribution in [0.2, 0.25) is 0 Å². The van der Waals surface area contributed by atoms with Crippen molar-refractivity contribution in [3.8, 4) is 0 Å². The number of rotatable bonds is 3. The molecule has 1 nitrogen and oxygen atoms in total. The lowest BCUT2D eigenvalue weighted by Crippen LogP contribution is -2.24. The summed E-state index contributed by atoms with van der Waals surface area (Å²) in [4.78, 5) is 11.0. The minimum absolute atomic E-state index is 0.377. The molecule has 0 aliphatic heterocycles. The second-order valence-corrected chi connectivity index (χ2v) is 6.85. The first-order valence-corrected chi connectivity index (χ1v) is 7.25. The van der Waals surface area contributed by atoms with E-state index < -0.39 is 0 Å². The van der Waals surface area contributed by atoms with E-state index in [0.717, 1.165) is 35.1 Å². The van der Waals surface area contributed by atoms with Crippen molar-refractivity contribution in [1.29, 1.82) is 0 Å². The summed E-state index contributed by atoms with van der Waals surface area (Å²) in [5.41, 5.74) is 1.38. The molecular weight excluding hydrogens is 264 g/mol. The van der Waals surface area contributed by atoms with Crippen LogP contribution in [0.1, 0.15) is 58.3 Å². The summed E-state index contributed by atoms with van der Waals surface area (Å²) < 4.78 is 1.14. The maximum atomic E-state index is 11.0. The van der Waals surface area contributed by atoms with E-state index in [1.165, 1.54) is 38.5 Å². The van der Waals surface area contributed by atoms with E-state index >= 15 is 0 Å². The highest BCUT2D eigenvalue weighted by Gasteiger charge is 2.33. The third kappa shape index (κ3) is 2.77. The summed E-state index contributed by atoms with van der Waals surface area (Å²) in [5.74, 6) is 0.926. The van der Waals surface area contributed by atoms with Crippen LogP contribution in [-0.2, 0) is 4.79 Å². The highest BCUT2D eigenvalue weighted by atomic mass is 79.9. The Morgan fingerprint density at radius 2 is 2.12 bits per heavy atom. The van der Waals surface area contributed by atoms with Gasteiger partial charge in [0.25, 0.3) is 0 Å². The molecule has 0 saturated heterocycles. The van der Waals surface area contributed by atoms with Crippen molar-refractivity contribution in [2.75, 3.05) is 0 Å². The standard InChI is InChI=1S/C14H21BrO/c1-14(8-11-4-2-3-5-11)7-6-13(15)12(9-14)10-16/h10-11H,2-9H2,1H3/t14-/m1/s1. The second-order valence-electron chi connectivity index (χ2n) is 5.89. The molecule has 1 saturated carbocycles. The predicted octanol–water partition coefficient (Wildman–Crippen LogP) is 4.60. The Morgan fingerprint density at radius 3 is 2.75 bits per heavy atom. The Balaban J connectivity index is 2.00. The third-order valence-corrected chi connectivity index (χ3v) is 5.22. The van der Waals surface area contributed by atoms with Gasteiger partial charge < -0.3 is 0 Å². The molecule has 0 aromatic heterocycles. The molecule has 16 heavy (non-hydrogen) atoms. The zero-order valence-corrected chi connectivity index (χ0v) is 11.7. The first kappa shape index (κ1) is 12.3. The number of hydrogen-bond acceptors (Lipinski definition) is 1. The van der Waals surface area contributed by atoms with Crippen molar-refractivity contribution in [2.45, 2.75) is 58.3 Å².